The third-order valence-corrected chi connectivity index (χ3v) is 5.41. The first-order chi connectivity index (χ1) is 14.1. The predicted molar refractivity (Wildman–Crippen MR) is 93.0 cm³/mol. The van der Waals surface area contributed by atoms with Crippen molar-refractivity contribution in [1.29, 1.82) is 0 Å². The number of nitrogens with one attached hydrogen (secondary N) is 1. The van der Waals surface area contributed by atoms with Gasteiger partial charge in [-0.1, -0.05) is 17.7 Å². The van der Waals surface area contributed by atoms with E-state index in [4.69, 9.17) is 16.7 Å². The Morgan fingerprint density at radius 1 is 1.06 bits per heavy atom. The van der Waals surface area contributed by atoms with Crippen LogP contribution in [-0.4, -0.2) is 34.3 Å². The van der Waals surface area contributed by atoms with Gasteiger partial charge in [0.05, 0.1) is 4.92 Å². The molecule has 0 spiro atoms. The second kappa shape index (κ2) is 8.17. The number of aliphatic carboxylic acids is 1. The fraction of sp³-hybridized carbons (Fsp3) is 0.529. The first-order valence-corrected chi connectivity index (χ1v) is 9.03. The lowest BCUT2D eigenvalue weighted by Crippen LogP contribution is -2.40. The van der Waals surface area contributed by atoms with Crippen molar-refractivity contribution in [3.05, 3.63) is 38.9 Å². The molecule has 3 rings (SSSR count). The van der Waals surface area contributed by atoms with Crippen molar-refractivity contribution in [3.63, 3.8) is 0 Å². The van der Waals surface area contributed by atoms with Crippen LogP contribution in [0.3, 0.4) is 0 Å². The van der Waals surface area contributed by atoms with Crippen LogP contribution in [0.2, 0.25) is 5.02 Å². The zero-order chi connectivity index (χ0) is 23.8. The second-order valence-corrected chi connectivity index (χ2v) is 7.60. The third-order valence-electron chi connectivity index (χ3n) is 5.09. The lowest BCUT2D eigenvalue weighted by atomic mass is 10.1. The summed E-state index contributed by atoms with van der Waals surface area (Å²) >= 11 is 5.62. The number of benzene rings is 1. The molecule has 0 radical (unpaired) electrons. The maximum Gasteiger partial charge on any atom is 0.404 e. The highest BCUT2D eigenvalue weighted by atomic mass is 35.5. The zero-order valence-corrected chi connectivity index (χ0v) is 16.2. The molecule has 2 aliphatic rings. The summed E-state index contributed by atoms with van der Waals surface area (Å²) in [5, 5.41) is 20.9. The largest absolute Gasteiger partial charge is 0.481 e. The summed E-state index contributed by atoms with van der Waals surface area (Å²) in [5.74, 6) is -2.85. The molecule has 0 aliphatic heterocycles. The van der Waals surface area contributed by atoms with Gasteiger partial charge in [-0.05, 0) is 37.3 Å². The summed E-state index contributed by atoms with van der Waals surface area (Å²) in [6.45, 7) is -0.228. The quantitative estimate of drug-likeness (QED) is 0.366. The van der Waals surface area contributed by atoms with Crippen molar-refractivity contribution in [2.45, 2.75) is 44.6 Å². The number of rotatable bonds is 5. The summed E-state index contributed by atoms with van der Waals surface area (Å²) in [6.07, 6.45) is -10.2. The SMILES string of the molecule is O=C(NCc1ccc(Cl)c([N+](=O)[O-])c1)C1(C(F)(F)F)CC1.O=C(O)C1(C(F)(F)F)CC1. The number of hydrogen-bond donors (Lipinski definition) is 2. The molecule has 0 atom stereocenters. The molecule has 0 heterocycles. The number of nitro benzene ring substituents is 1. The van der Waals surface area contributed by atoms with Crippen LogP contribution in [0.25, 0.3) is 0 Å². The van der Waals surface area contributed by atoms with E-state index >= 15 is 0 Å². The highest BCUT2D eigenvalue weighted by Crippen LogP contribution is 2.58. The molecule has 1 aromatic rings. The van der Waals surface area contributed by atoms with Gasteiger partial charge in [-0.15, -0.1) is 0 Å². The molecule has 0 aromatic heterocycles. The maximum absolute atomic E-state index is 12.7. The van der Waals surface area contributed by atoms with E-state index in [1.165, 1.54) is 12.1 Å². The highest BCUT2D eigenvalue weighted by Gasteiger charge is 2.69. The van der Waals surface area contributed by atoms with Crippen LogP contribution in [0, 0.1) is 20.9 Å². The van der Waals surface area contributed by atoms with Gasteiger partial charge >= 0.3 is 18.3 Å². The summed E-state index contributed by atoms with van der Waals surface area (Å²) in [6, 6.07) is 3.79. The van der Waals surface area contributed by atoms with Gasteiger partial charge in [-0.2, -0.15) is 26.3 Å². The first-order valence-electron chi connectivity index (χ1n) is 8.65. The van der Waals surface area contributed by atoms with Crippen molar-refractivity contribution in [2.75, 3.05) is 0 Å². The number of hydrogen-bond acceptors (Lipinski definition) is 4. The van der Waals surface area contributed by atoms with E-state index in [2.05, 4.69) is 5.32 Å². The van der Waals surface area contributed by atoms with E-state index in [0.29, 0.717) is 5.56 Å². The molecule has 2 fully saturated rings. The van der Waals surface area contributed by atoms with E-state index in [-0.39, 0.29) is 42.9 Å². The Labute approximate surface area is 175 Å². The summed E-state index contributed by atoms with van der Waals surface area (Å²) in [4.78, 5) is 31.6. The molecule has 0 bridgehead atoms. The molecular weight excluding hydrogens is 462 g/mol. The predicted octanol–water partition coefficient (Wildman–Crippen LogP) is 4.62. The van der Waals surface area contributed by atoms with Gasteiger partial charge in [0.15, 0.2) is 5.41 Å². The van der Waals surface area contributed by atoms with Gasteiger partial charge in [0.25, 0.3) is 5.69 Å². The molecule has 2 N–H and O–H groups in total. The first kappa shape index (κ1) is 24.7. The lowest BCUT2D eigenvalue weighted by molar-refractivity contribution is -0.384. The molecule has 2 saturated carbocycles. The molecule has 31 heavy (non-hydrogen) atoms. The van der Waals surface area contributed by atoms with Crippen molar-refractivity contribution >= 4 is 29.2 Å². The van der Waals surface area contributed by atoms with Gasteiger partial charge in [0.1, 0.15) is 10.4 Å². The minimum Gasteiger partial charge on any atom is -0.481 e. The second-order valence-electron chi connectivity index (χ2n) is 7.19. The smallest absolute Gasteiger partial charge is 0.404 e. The Bertz CT molecular complexity index is 894. The number of alkyl halides is 6. The average Bonchev–Trinajstić information content (AvgIpc) is 3.52. The number of amides is 1. The van der Waals surface area contributed by atoms with Crippen LogP contribution in [0.15, 0.2) is 18.2 Å². The fourth-order valence-corrected chi connectivity index (χ4v) is 2.85. The Hall–Kier alpha value is -2.57. The molecule has 172 valence electrons. The molecule has 7 nitrogen and oxygen atoms in total. The van der Waals surface area contributed by atoms with E-state index < -0.39 is 40.0 Å². The Kier molecular flexibility index (Phi) is 6.51. The van der Waals surface area contributed by atoms with Gasteiger partial charge in [-0.25, -0.2) is 0 Å². The molecule has 0 saturated heterocycles. The molecular formula is C17H15ClF6N2O5. The van der Waals surface area contributed by atoms with Crippen LogP contribution < -0.4 is 5.32 Å². The third kappa shape index (κ3) is 5.02. The van der Waals surface area contributed by atoms with Crippen LogP contribution in [0.4, 0.5) is 32.0 Å². The van der Waals surface area contributed by atoms with Gasteiger partial charge in [0.2, 0.25) is 5.91 Å². The summed E-state index contributed by atoms with van der Waals surface area (Å²) < 4.78 is 73.5. The molecule has 2 aliphatic carbocycles. The topological polar surface area (TPSA) is 110 Å². The Morgan fingerprint density at radius 2 is 1.55 bits per heavy atom. The van der Waals surface area contributed by atoms with E-state index in [9.17, 15) is 46.0 Å². The fourth-order valence-electron chi connectivity index (χ4n) is 2.67. The maximum atomic E-state index is 12.7. The number of carboxylic acid groups (broad SMARTS) is 1. The average molecular weight is 477 g/mol. The molecule has 14 heteroatoms. The zero-order valence-electron chi connectivity index (χ0n) is 15.4. The summed E-state index contributed by atoms with van der Waals surface area (Å²) in [7, 11) is 0. The normalized spacial score (nSPS) is 18.3. The minimum atomic E-state index is -4.58. The van der Waals surface area contributed by atoms with E-state index in [1.54, 1.807) is 0 Å². The van der Waals surface area contributed by atoms with Crippen LogP contribution in [0.5, 0.6) is 0 Å². The van der Waals surface area contributed by atoms with Gasteiger partial charge < -0.3 is 10.4 Å². The number of nitrogens with zero attached hydrogens (tertiary/aromatic N) is 1. The van der Waals surface area contributed by atoms with Crippen molar-refractivity contribution < 1.29 is 46.0 Å². The number of halogens is 7. The molecule has 0 unspecified atom stereocenters. The summed E-state index contributed by atoms with van der Waals surface area (Å²) in [5.41, 5.74) is -4.75. The monoisotopic (exact) mass is 476 g/mol. The number of nitro groups is 1. The van der Waals surface area contributed by atoms with E-state index in [1.807, 2.05) is 0 Å². The molecule has 1 aromatic carbocycles. The number of carbonyl (C=O) groups is 2. The van der Waals surface area contributed by atoms with Crippen LogP contribution in [-0.2, 0) is 16.1 Å². The van der Waals surface area contributed by atoms with Crippen LogP contribution >= 0.6 is 11.6 Å². The van der Waals surface area contributed by atoms with Crippen molar-refractivity contribution in [2.24, 2.45) is 10.8 Å². The molecule has 1 amide bonds. The van der Waals surface area contributed by atoms with Gasteiger partial charge in [-0.3, -0.25) is 19.7 Å². The lowest BCUT2D eigenvalue weighted by Gasteiger charge is -2.18. The van der Waals surface area contributed by atoms with Crippen molar-refractivity contribution in [1.82, 2.24) is 5.32 Å². The Morgan fingerprint density at radius 3 is 1.87 bits per heavy atom. The number of carboxylic acids is 1. The standard InChI is InChI=1S/C12H10ClF3N2O3.C5H5F3O2/c13-8-2-1-7(5-9(8)18(20)21)6-17-10(19)11(3-4-11)12(14,15)16;6-5(7,8)4(1-2-4)3(9)10/h1-2,5H,3-4,6H2,(H,17,19);1-2H2,(H,9,10). The minimum absolute atomic E-state index is 0.0796. The highest BCUT2D eigenvalue weighted by molar-refractivity contribution is 6.32. The van der Waals surface area contributed by atoms with Gasteiger partial charge in [0, 0.05) is 12.6 Å². The van der Waals surface area contributed by atoms with E-state index in [0.717, 1.165) is 6.07 Å². The Balaban J connectivity index is 0.000000285. The van der Waals surface area contributed by atoms with Crippen molar-refractivity contribution in [3.8, 4) is 0 Å². The van der Waals surface area contributed by atoms with Crippen LogP contribution in [0.1, 0.15) is 31.2 Å². The number of carbonyl (C=O) groups excluding carboxylic acids is 1.